The fourth-order valence-electron chi connectivity index (χ4n) is 2.20. The molecule has 0 bridgehead atoms. The number of pyridine rings is 1. The van der Waals surface area contributed by atoms with Crippen LogP contribution < -0.4 is 10.1 Å². The Morgan fingerprint density at radius 1 is 1.18 bits per heavy atom. The molecule has 0 aliphatic rings. The van der Waals surface area contributed by atoms with Crippen LogP contribution in [0.25, 0.3) is 11.1 Å². The minimum atomic E-state index is -0.0246. The molecule has 22 heavy (non-hydrogen) atoms. The highest BCUT2D eigenvalue weighted by Gasteiger charge is 2.07. The van der Waals surface area contributed by atoms with Crippen LogP contribution in [-0.4, -0.2) is 17.5 Å². The molecule has 0 saturated carbocycles. The number of aromatic nitrogens is 1. The Bertz CT molecular complexity index is 606. The molecule has 1 atom stereocenters. The number of nitrogens with zero attached hydrogens (tertiary/aromatic N) is 1. The number of carbonyl (C=O) groups excluding carboxylic acids is 1. The summed E-state index contributed by atoms with van der Waals surface area (Å²) in [7, 11) is 0. The number of carbonyl (C=O) groups is 1. The van der Waals surface area contributed by atoms with Crippen LogP contribution in [0.2, 0.25) is 0 Å². The Morgan fingerprint density at radius 3 is 2.41 bits per heavy atom. The second kappa shape index (κ2) is 7.59. The summed E-state index contributed by atoms with van der Waals surface area (Å²) in [4.78, 5) is 15.4. The van der Waals surface area contributed by atoms with Gasteiger partial charge >= 0.3 is 0 Å². The molecule has 1 aromatic heterocycles. The molecule has 0 aliphatic heterocycles. The molecule has 0 aliphatic carbocycles. The summed E-state index contributed by atoms with van der Waals surface area (Å²) < 4.78 is 5.48. The van der Waals surface area contributed by atoms with Gasteiger partial charge < -0.3 is 10.1 Å². The highest BCUT2D eigenvalue weighted by atomic mass is 16.5. The summed E-state index contributed by atoms with van der Waals surface area (Å²) in [5.74, 6) is 0.630. The third kappa shape index (κ3) is 4.32. The quantitative estimate of drug-likeness (QED) is 0.884. The Kier molecular flexibility index (Phi) is 5.53. The molecule has 1 heterocycles. The molecule has 0 radical (unpaired) electrons. The van der Waals surface area contributed by atoms with E-state index < -0.39 is 0 Å². The zero-order chi connectivity index (χ0) is 15.9. The molecular weight excluding hydrogens is 276 g/mol. The summed E-state index contributed by atoms with van der Waals surface area (Å²) in [6.07, 6.45) is 2.79. The number of hydrogen-bond donors (Lipinski definition) is 1. The van der Waals surface area contributed by atoms with Crippen molar-refractivity contribution in [2.24, 2.45) is 0 Å². The van der Waals surface area contributed by atoms with Gasteiger partial charge in [-0.2, -0.15) is 0 Å². The van der Waals surface area contributed by atoms with Gasteiger partial charge in [0.1, 0.15) is 0 Å². The maximum atomic E-state index is 11.1. The average molecular weight is 298 g/mol. The molecule has 2 rings (SSSR count). The minimum Gasteiger partial charge on any atom is -0.478 e. The summed E-state index contributed by atoms with van der Waals surface area (Å²) in [5, 5.41) is 2.88. The van der Waals surface area contributed by atoms with E-state index in [1.807, 2.05) is 49.5 Å². The van der Waals surface area contributed by atoms with Crippen LogP contribution in [0.3, 0.4) is 0 Å². The molecule has 1 N–H and O–H groups in total. The summed E-state index contributed by atoms with van der Waals surface area (Å²) in [6, 6.07) is 12.0. The van der Waals surface area contributed by atoms with Gasteiger partial charge in [-0.3, -0.25) is 4.79 Å². The van der Waals surface area contributed by atoms with Crippen LogP contribution in [-0.2, 0) is 4.79 Å². The SMILES string of the molecule is CCCOc1ccc(-c2ccc(C(C)NC(C)=O)cc2)cn1. The van der Waals surface area contributed by atoms with Gasteiger partial charge in [0.2, 0.25) is 11.8 Å². The summed E-state index contributed by atoms with van der Waals surface area (Å²) in [6.45, 7) is 6.25. The van der Waals surface area contributed by atoms with Crippen molar-refractivity contribution in [2.45, 2.75) is 33.2 Å². The molecule has 2 aromatic rings. The fraction of sp³-hybridized carbons (Fsp3) is 0.333. The van der Waals surface area contributed by atoms with Crippen LogP contribution in [0.4, 0.5) is 0 Å². The van der Waals surface area contributed by atoms with Crippen molar-refractivity contribution < 1.29 is 9.53 Å². The van der Waals surface area contributed by atoms with Gasteiger partial charge in [0, 0.05) is 24.8 Å². The standard InChI is InChI=1S/C18H22N2O2/c1-4-11-22-18-10-9-17(12-19-18)16-7-5-15(6-8-16)13(2)20-14(3)21/h5-10,12-13H,4,11H2,1-3H3,(H,20,21). The Morgan fingerprint density at radius 2 is 1.86 bits per heavy atom. The summed E-state index contributed by atoms with van der Waals surface area (Å²) >= 11 is 0. The predicted molar refractivity (Wildman–Crippen MR) is 87.7 cm³/mol. The Balaban J connectivity index is 2.08. The first-order valence-corrected chi connectivity index (χ1v) is 7.56. The van der Waals surface area contributed by atoms with E-state index in [0.29, 0.717) is 12.5 Å². The van der Waals surface area contributed by atoms with E-state index in [9.17, 15) is 4.79 Å². The van der Waals surface area contributed by atoms with E-state index in [-0.39, 0.29) is 11.9 Å². The van der Waals surface area contributed by atoms with E-state index in [1.165, 1.54) is 6.92 Å². The molecule has 1 unspecified atom stereocenters. The average Bonchev–Trinajstić information content (AvgIpc) is 2.53. The fourth-order valence-corrected chi connectivity index (χ4v) is 2.20. The first-order valence-electron chi connectivity index (χ1n) is 7.56. The van der Waals surface area contributed by atoms with E-state index in [2.05, 4.69) is 17.2 Å². The zero-order valence-corrected chi connectivity index (χ0v) is 13.3. The number of hydrogen-bond acceptors (Lipinski definition) is 3. The predicted octanol–water partition coefficient (Wildman–Crippen LogP) is 3.73. The molecule has 4 heteroatoms. The summed E-state index contributed by atoms with van der Waals surface area (Å²) in [5.41, 5.74) is 3.21. The largest absolute Gasteiger partial charge is 0.478 e. The van der Waals surface area contributed by atoms with Crippen molar-refractivity contribution in [3.63, 3.8) is 0 Å². The maximum absolute atomic E-state index is 11.1. The van der Waals surface area contributed by atoms with Gasteiger partial charge in [-0.05, 0) is 30.5 Å². The molecule has 0 fully saturated rings. The lowest BCUT2D eigenvalue weighted by atomic mass is 10.0. The molecule has 0 spiro atoms. The lowest BCUT2D eigenvalue weighted by molar-refractivity contribution is -0.119. The normalized spacial score (nSPS) is 11.8. The van der Waals surface area contributed by atoms with Gasteiger partial charge in [-0.1, -0.05) is 31.2 Å². The molecular formula is C18H22N2O2. The van der Waals surface area contributed by atoms with Crippen LogP contribution in [0.5, 0.6) is 5.88 Å². The van der Waals surface area contributed by atoms with Crippen LogP contribution in [0, 0.1) is 0 Å². The molecule has 116 valence electrons. The first kappa shape index (κ1) is 16.0. The van der Waals surface area contributed by atoms with E-state index in [1.54, 1.807) is 0 Å². The highest BCUT2D eigenvalue weighted by molar-refractivity contribution is 5.73. The topological polar surface area (TPSA) is 51.2 Å². The molecule has 0 saturated heterocycles. The van der Waals surface area contributed by atoms with Crippen molar-refractivity contribution in [1.82, 2.24) is 10.3 Å². The molecule has 1 aromatic carbocycles. The van der Waals surface area contributed by atoms with Crippen LogP contribution >= 0.6 is 0 Å². The monoisotopic (exact) mass is 298 g/mol. The van der Waals surface area contributed by atoms with E-state index >= 15 is 0 Å². The first-order chi connectivity index (χ1) is 10.6. The van der Waals surface area contributed by atoms with Gasteiger partial charge in [0.25, 0.3) is 0 Å². The molecule has 4 nitrogen and oxygen atoms in total. The Hall–Kier alpha value is -2.36. The number of benzene rings is 1. The van der Waals surface area contributed by atoms with Gasteiger partial charge in [0.05, 0.1) is 12.6 Å². The maximum Gasteiger partial charge on any atom is 0.217 e. The van der Waals surface area contributed by atoms with E-state index in [4.69, 9.17) is 4.74 Å². The van der Waals surface area contributed by atoms with E-state index in [0.717, 1.165) is 23.1 Å². The Labute approximate surface area is 131 Å². The lowest BCUT2D eigenvalue weighted by Crippen LogP contribution is -2.23. The highest BCUT2D eigenvalue weighted by Crippen LogP contribution is 2.22. The van der Waals surface area contributed by atoms with Crippen molar-refractivity contribution in [2.75, 3.05) is 6.61 Å². The number of ether oxygens (including phenoxy) is 1. The zero-order valence-electron chi connectivity index (χ0n) is 13.3. The number of nitrogens with one attached hydrogen (secondary N) is 1. The second-order valence-corrected chi connectivity index (χ2v) is 5.28. The van der Waals surface area contributed by atoms with Crippen molar-refractivity contribution in [3.05, 3.63) is 48.2 Å². The smallest absolute Gasteiger partial charge is 0.217 e. The third-order valence-corrected chi connectivity index (χ3v) is 3.35. The van der Waals surface area contributed by atoms with Gasteiger partial charge in [0.15, 0.2) is 0 Å². The second-order valence-electron chi connectivity index (χ2n) is 5.28. The van der Waals surface area contributed by atoms with Crippen LogP contribution in [0.1, 0.15) is 38.8 Å². The third-order valence-electron chi connectivity index (χ3n) is 3.35. The van der Waals surface area contributed by atoms with Gasteiger partial charge in [-0.25, -0.2) is 4.98 Å². The number of rotatable bonds is 6. The van der Waals surface area contributed by atoms with Crippen molar-refractivity contribution >= 4 is 5.91 Å². The van der Waals surface area contributed by atoms with Gasteiger partial charge in [-0.15, -0.1) is 0 Å². The van der Waals surface area contributed by atoms with Crippen molar-refractivity contribution in [3.8, 4) is 17.0 Å². The number of amides is 1. The van der Waals surface area contributed by atoms with Crippen LogP contribution in [0.15, 0.2) is 42.6 Å². The lowest BCUT2D eigenvalue weighted by Gasteiger charge is -2.13. The van der Waals surface area contributed by atoms with Crippen molar-refractivity contribution in [1.29, 1.82) is 0 Å². The molecule has 1 amide bonds. The minimum absolute atomic E-state index is 0.00879.